The quantitative estimate of drug-likeness (QED) is 0.727. The lowest BCUT2D eigenvalue weighted by Crippen LogP contribution is -2.47. The first-order valence-electron chi connectivity index (χ1n) is 6.14. The summed E-state index contributed by atoms with van der Waals surface area (Å²) in [5.41, 5.74) is 5.95. The van der Waals surface area contributed by atoms with Crippen molar-refractivity contribution in [3.05, 3.63) is 0 Å². The minimum Gasteiger partial charge on any atom is -0.341 e. The standard InChI is InChI=1S/C12H24N2O/c1-4-9(3)11(13)12(15)14(5-2)8-10-6-7-10/h9-11H,4-8,13H2,1-3H3/t9-,11-/m0/s1. The van der Waals surface area contributed by atoms with Crippen LogP contribution >= 0.6 is 0 Å². The number of rotatable bonds is 6. The number of carbonyl (C=O) groups excluding carboxylic acids is 1. The number of likely N-dealkylation sites (N-methyl/N-ethyl adjacent to an activating group) is 1. The van der Waals surface area contributed by atoms with E-state index in [0.29, 0.717) is 0 Å². The Morgan fingerprint density at radius 2 is 2.07 bits per heavy atom. The minimum atomic E-state index is -0.311. The summed E-state index contributed by atoms with van der Waals surface area (Å²) < 4.78 is 0. The molecule has 1 fully saturated rings. The maximum absolute atomic E-state index is 12.0. The molecule has 88 valence electrons. The second kappa shape index (κ2) is 5.50. The van der Waals surface area contributed by atoms with Gasteiger partial charge in [0, 0.05) is 13.1 Å². The van der Waals surface area contributed by atoms with Gasteiger partial charge in [0.2, 0.25) is 5.91 Å². The zero-order chi connectivity index (χ0) is 11.4. The van der Waals surface area contributed by atoms with E-state index in [4.69, 9.17) is 5.73 Å². The molecule has 1 amide bonds. The molecular formula is C12H24N2O. The fourth-order valence-electron chi connectivity index (χ4n) is 1.70. The molecule has 0 aromatic carbocycles. The van der Waals surface area contributed by atoms with Crippen LogP contribution in [0, 0.1) is 11.8 Å². The molecule has 1 rings (SSSR count). The Morgan fingerprint density at radius 1 is 1.47 bits per heavy atom. The van der Waals surface area contributed by atoms with Crippen LogP contribution in [0.5, 0.6) is 0 Å². The van der Waals surface area contributed by atoms with Crippen molar-refractivity contribution >= 4 is 5.91 Å². The normalized spacial score (nSPS) is 19.7. The largest absolute Gasteiger partial charge is 0.341 e. The van der Waals surface area contributed by atoms with Gasteiger partial charge in [-0.15, -0.1) is 0 Å². The highest BCUT2D eigenvalue weighted by atomic mass is 16.2. The van der Waals surface area contributed by atoms with Crippen LogP contribution in [-0.4, -0.2) is 29.9 Å². The van der Waals surface area contributed by atoms with Gasteiger partial charge in [-0.1, -0.05) is 20.3 Å². The Hall–Kier alpha value is -0.570. The highest BCUT2D eigenvalue weighted by molar-refractivity contribution is 5.82. The molecule has 0 aliphatic heterocycles. The van der Waals surface area contributed by atoms with Gasteiger partial charge in [0.15, 0.2) is 0 Å². The maximum atomic E-state index is 12.0. The van der Waals surface area contributed by atoms with Crippen molar-refractivity contribution in [3.63, 3.8) is 0 Å². The molecular weight excluding hydrogens is 188 g/mol. The van der Waals surface area contributed by atoms with Crippen LogP contribution in [0.15, 0.2) is 0 Å². The minimum absolute atomic E-state index is 0.138. The molecule has 0 bridgehead atoms. The van der Waals surface area contributed by atoms with Crippen molar-refractivity contribution in [1.82, 2.24) is 4.90 Å². The highest BCUT2D eigenvalue weighted by Gasteiger charge is 2.29. The summed E-state index contributed by atoms with van der Waals surface area (Å²) in [6.45, 7) is 7.87. The van der Waals surface area contributed by atoms with E-state index < -0.39 is 0 Å². The Bertz CT molecular complexity index is 214. The third-order valence-electron chi connectivity index (χ3n) is 3.41. The molecule has 2 N–H and O–H groups in total. The number of amides is 1. The van der Waals surface area contributed by atoms with Crippen molar-refractivity contribution < 1.29 is 4.79 Å². The molecule has 3 nitrogen and oxygen atoms in total. The van der Waals surface area contributed by atoms with Crippen molar-refractivity contribution in [2.24, 2.45) is 17.6 Å². The van der Waals surface area contributed by atoms with Crippen LogP contribution in [0.1, 0.15) is 40.0 Å². The SMILES string of the molecule is CC[C@H](C)[C@H](N)C(=O)N(CC)CC1CC1. The van der Waals surface area contributed by atoms with E-state index in [0.717, 1.165) is 25.4 Å². The summed E-state index contributed by atoms with van der Waals surface area (Å²) in [6.07, 6.45) is 3.53. The summed E-state index contributed by atoms with van der Waals surface area (Å²) in [4.78, 5) is 14.0. The highest BCUT2D eigenvalue weighted by Crippen LogP contribution is 2.29. The topological polar surface area (TPSA) is 46.3 Å². The molecule has 1 aliphatic carbocycles. The monoisotopic (exact) mass is 212 g/mol. The van der Waals surface area contributed by atoms with Crippen LogP contribution in [0.4, 0.5) is 0 Å². The summed E-state index contributed by atoms with van der Waals surface area (Å²) in [7, 11) is 0. The van der Waals surface area contributed by atoms with E-state index >= 15 is 0 Å². The lowest BCUT2D eigenvalue weighted by Gasteiger charge is -2.27. The van der Waals surface area contributed by atoms with E-state index in [9.17, 15) is 4.79 Å². The van der Waals surface area contributed by atoms with Crippen LogP contribution in [0.2, 0.25) is 0 Å². The van der Waals surface area contributed by atoms with Gasteiger partial charge >= 0.3 is 0 Å². The predicted octanol–water partition coefficient (Wildman–Crippen LogP) is 1.62. The molecule has 0 heterocycles. The van der Waals surface area contributed by atoms with Gasteiger partial charge in [-0.3, -0.25) is 4.79 Å². The lowest BCUT2D eigenvalue weighted by molar-refractivity contribution is -0.133. The molecule has 1 saturated carbocycles. The Kier molecular flexibility index (Phi) is 4.58. The van der Waals surface area contributed by atoms with Gasteiger partial charge < -0.3 is 10.6 Å². The van der Waals surface area contributed by atoms with Crippen LogP contribution in [0.3, 0.4) is 0 Å². The molecule has 0 unspecified atom stereocenters. The first-order chi connectivity index (χ1) is 7.10. The van der Waals surface area contributed by atoms with E-state index in [2.05, 4.69) is 6.92 Å². The van der Waals surface area contributed by atoms with E-state index in [1.165, 1.54) is 12.8 Å². The molecule has 0 aromatic heterocycles. The van der Waals surface area contributed by atoms with Gasteiger partial charge in [0.25, 0.3) is 0 Å². The molecule has 0 radical (unpaired) electrons. The third-order valence-corrected chi connectivity index (χ3v) is 3.41. The molecule has 0 saturated heterocycles. The Morgan fingerprint density at radius 3 is 2.47 bits per heavy atom. The number of hydrogen-bond acceptors (Lipinski definition) is 2. The van der Waals surface area contributed by atoms with Crippen LogP contribution in [0.25, 0.3) is 0 Å². The van der Waals surface area contributed by atoms with Crippen molar-refractivity contribution in [3.8, 4) is 0 Å². The second-order valence-electron chi connectivity index (χ2n) is 4.73. The molecule has 0 spiro atoms. The smallest absolute Gasteiger partial charge is 0.239 e. The van der Waals surface area contributed by atoms with Crippen molar-refractivity contribution in [2.45, 2.75) is 46.1 Å². The Balaban J connectivity index is 2.46. The molecule has 2 atom stereocenters. The van der Waals surface area contributed by atoms with E-state index in [-0.39, 0.29) is 17.9 Å². The van der Waals surface area contributed by atoms with Gasteiger partial charge in [-0.05, 0) is 31.6 Å². The predicted molar refractivity (Wildman–Crippen MR) is 62.4 cm³/mol. The Labute approximate surface area is 93.0 Å². The summed E-state index contributed by atoms with van der Waals surface area (Å²) in [5, 5.41) is 0. The number of nitrogens with zero attached hydrogens (tertiary/aromatic N) is 1. The number of nitrogens with two attached hydrogens (primary N) is 1. The average Bonchev–Trinajstić information content (AvgIpc) is 3.06. The van der Waals surface area contributed by atoms with Gasteiger partial charge in [0.05, 0.1) is 6.04 Å². The summed E-state index contributed by atoms with van der Waals surface area (Å²) in [6, 6.07) is -0.311. The molecule has 1 aliphatic rings. The van der Waals surface area contributed by atoms with Crippen LogP contribution < -0.4 is 5.73 Å². The molecule has 3 heteroatoms. The van der Waals surface area contributed by atoms with Crippen LogP contribution in [-0.2, 0) is 4.79 Å². The fourth-order valence-corrected chi connectivity index (χ4v) is 1.70. The third kappa shape index (κ3) is 3.49. The maximum Gasteiger partial charge on any atom is 0.239 e. The zero-order valence-corrected chi connectivity index (χ0v) is 10.2. The van der Waals surface area contributed by atoms with Crippen molar-refractivity contribution in [2.75, 3.05) is 13.1 Å². The zero-order valence-electron chi connectivity index (χ0n) is 10.2. The average molecular weight is 212 g/mol. The fraction of sp³-hybridized carbons (Fsp3) is 0.917. The first-order valence-corrected chi connectivity index (χ1v) is 6.14. The van der Waals surface area contributed by atoms with E-state index in [1.807, 2.05) is 18.7 Å². The summed E-state index contributed by atoms with van der Waals surface area (Å²) >= 11 is 0. The van der Waals surface area contributed by atoms with Gasteiger partial charge in [-0.2, -0.15) is 0 Å². The molecule has 15 heavy (non-hydrogen) atoms. The number of carbonyl (C=O) groups is 1. The van der Waals surface area contributed by atoms with Gasteiger partial charge in [0.1, 0.15) is 0 Å². The van der Waals surface area contributed by atoms with E-state index in [1.54, 1.807) is 0 Å². The lowest BCUT2D eigenvalue weighted by atomic mass is 9.99. The van der Waals surface area contributed by atoms with Crippen molar-refractivity contribution in [1.29, 1.82) is 0 Å². The number of hydrogen-bond donors (Lipinski definition) is 1. The van der Waals surface area contributed by atoms with Gasteiger partial charge in [-0.25, -0.2) is 0 Å². The molecule has 0 aromatic rings. The first kappa shape index (κ1) is 12.5. The summed E-state index contributed by atoms with van der Waals surface area (Å²) in [5.74, 6) is 1.17. The second-order valence-corrected chi connectivity index (χ2v) is 4.73.